The lowest BCUT2D eigenvalue weighted by Crippen LogP contribution is -2.47. The van der Waals surface area contributed by atoms with E-state index in [1.54, 1.807) is 24.3 Å². The summed E-state index contributed by atoms with van der Waals surface area (Å²) < 4.78 is 0. The Morgan fingerprint density at radius 1 is 0.889 bits per heavy atom. The Morgan fingerprint density at radius 3 is 1.70 bits per heavy atom. The maximum Gasteiger partial charge on any atom is 0.115 e. The molecule has 2 aromatic rings. The zero-order chi connectivity index (χ0) is 19.2. The van der Waals surface area contributed by atoms with Gasteiger partial charge in [-0.05, 0) is 86.6 Å². The van der Waals surface area contributed by atoms with Crippen molar-refractivity contribution in [2.24, 2.45) is 21.5 Å². The fourth-order valence-corrected chi connectivity index (χ4v) is 4.72. The Hall–Kier alpha value is -2.62. The predicted molar refractivity (Wildman–Crippen MR) is 109 cm³/mol. The second kappa shape index (κ2) is 6.52. The van der Waals surface area contributed by atoms with Crippen LogP contribution < -0.4 is 0 Å². The first-order valence-corrected chi connectivity index (χ1v) is 9.74. The van der Waals surface area contributed by atoms with Gasteiger partial charge in [-0.1, -0.05) is 13.3 Å². The number of benzene rings is 2. The van der Waals surface area contributed by atoms with Crippen LogP contribution in [0.1, 0.15) is 54.9 Å². The zero-order valence-corrected chi connectivity index (χ0v) is 16.2. The zero-order valence-electron chi connectivity index (χ0n) is 16.2. The Bertz CT molecular complexity index is 887. The minimum absolute atomic E-state index is 0.221. The second-order valence-electron chi connectivity index (χ2n) is 7.85. The first-order chi connectivity index (χ1) is 13.0. The molecule has 1 aliphatic carbocycles. The molecule has 2 N–H and O–H groups in total. The molecule has 140 valence electrons. The summed E-state index contributed by atoms with van der Waals surface area (Å²) >= 11 is 0. The SMILES string of the molecule is CCC1(C2CCC2)C(c2ccc(O)cc2C)=NN=C1c1ccc(O)cc1C. The molecule has 0 radical (unpaired) electrons. The van der Waals surface area contributed by atoms with Gasteiger partial charge in [0.2, 0.25) is 0 Å². The van der Waals surface area contributed by atoms with E-state index in [4.69, 9.17) is 10.2 Å². The summed E-state index contributed by atoms with van der Waals surface area (Å²) in [6.45, 7) is 6.26. The van der Waals surface area contributed by atoms with E-state index in [9.17, 15) is 10.2 Å². The van der Waals surface area contributed by atoms with Crippen molar-refractivity contribution in [1.29, 1.82) is 0 Å². The largest absolute Gasteiger partial charge is 0.508 e. The van der Waals surface area contributed by atoms with E-state index in [1.165, 1.54) is 19.3 Å². The summed E-state index contributed by atoms with van der Waals surface area (Å²) in [4.78, 5) is 0. The van der Waals surface area contributed by atoms with E-state index in [-0.39, 0.29) is 16.9 Å². The van der Waals surface area contributed by atoms with Crippen molar-refractivity contribution in [2.75, 3.05) is 0 Å². The molecule has 0 unspecified atom stereocenters. The summed E-state index contributed by atoms with van der Waals surface area (Å²) in [6.07, 6.45) is 4.53. The van der Waals surface area contributed by atoms with Crippen molar-refractivity contribution in [3.05, 3.63) is 58.7 Å². The summed E-state index contributed by atoms with van der Waals surface area (Å²) in [7, 11) is 0. The summed E-state index contributed by atoms with van der Waals surface area (Å²) in [5, 5.41) is 29.1. The molecule has 2 aliphatic rings. The van der Waals surface area contributed by atoms with Gasteiger partial charge in [-0.15, -0.1) is 0 Å². The lowest BCUT2D eigenvalue weighted by atomic mass is 9.57. The van der Waals surface area contributed by atoms with Gasteiger partial charge in [-0.3, -0.25) is 0 Å². The molecule has 0 amide bonds. The van der Waals surface area contributed by atoms with Crippen LogP contribution in [-0.4, -0.2) is 21.6 Å². The number of hydrogen-bond acceptors (Lipinski definition) is 4. The van der Waals surface area contributed by atoms with Crippen molar-refractivity contribution in [1.82, 2.24) is 0 Å². The molecule has 2 aromatic carbocycles. The third-order valence-electron chi connectivity index (χ3n) is 6.39. The Balaban J connectivity index is 1.87. The Labute approximate surface area is 160 Å². The highest BCUT2D eigenvalue weighted by atomic mass is 16.3. The predicted octanol–water partition coefficient (Wildman–Crippen LogP) is 5.12. The van der Waals surface area contributed by atoms with Gasteiger partial charge in [0.25, 0.3) is 0 Å². The molecule has 1 fully saturated rings. The van der Waals surface area contributed by atoms with Gasteiger partial charge < -0.3 is 10.2 Å². The van der Waals surface area contributed by atoms with Crippen molar-refractivity contribution in [2.45, 2.75) is 46.5 Å². The highest BCUT2D eigenvalue weighted by Crippen LogP contribution is 2.51. The Kier molecular flexibility index (Phi) is 4.29. The van der Waals surface area contributed by atoms with Crippen molar-refractivity contribution in [3.8, 4) is 11.5 Å². The molecule has 27 heavy (non-hydrogen) atoms. The van der Waals surface area contributed by atoms with Crippen LogP contribution in [0.25, 0.3) is 0 Å². The molecular formula is C23H26N2O2. The average molecular weight is 362 g/mol. The maximum atomic E-state index is 9.83. The van der Waals surface area contributed by atoms with Gasteiger partial charge in [0, 0.05) is 11.1 Å². The highest BCUT2D eigenvalue weighted by Gasteiger charge is 2.52. The molecule has 0 atom stereocenters. The molecule has 0 spiro atoms. The van der Waals surface area contributed by atoms with Gasteiger partial charge in [0.1, 0.15) is 11.5 Å². The number of rotatable bonds is 4. The normalized spacial score (nSPS) is 18.8. The summed E-state index contributed by atoms with van der Waals surface area (Å²) in [5.74, 6) is 1.07. The first kappa shape index (κ1) is 17.8. The molecule has 1 aliphatic heterocycles. The molecule has 4 heteroatoms. The van der Waals surface area contributed by atoms with E-state index in [0.29, 0.717) is 5.92 Å². The lowest BCUT2D eigenvalue weighted by Gasteiger charge is -2.44. The van der Waals surface area contributed by atoms with E-state index in [1.807, 2.05) is 26.0 Å². The number of hydrogen-bond donors (Lipinski definition) is 2. The molecule has 1 heterocycles. The molecule has 4 rings (SSSR count). The van der Waals surface area contributed by atoms with Crippen LogP contribution in [0.2, 0.25) is 0 Å². The summed E-state index contributed by atoms with van der Waals surface area (Å²) in [6, 6.07) is 11.0. The number of phenols is 2. The topological polar surface area (TPSA) is 65.2 Å². The molecule has 0 bridgehead atoms. The van der Waals surface area contributed by atoms with Crippen LogP contribution in [0.15, 0.2) is 46.6 Å². The molecule has 0 aromatic heterocycles. The monoisotopic (exact) mass is 362 g/mol. The highest BCUT2D eigenvalue weighted by molar-refractivity contribution is 6.27. The van der Waals surface area contributed by atoms with E-state index in [2.05, 4.69) is 6.92 Å². The molecule has 0 saturated heterocycles. The second-order valence-corrected chi connectivity index (χ2v) is 7.85. The third-order valence-corrected chi connectivity index (χ3v) is 6.39. The Morgan fingerprint density at radius 2 is 1.37 bits per heavy atom. The lowest BCUT2D eigenvalue weighted by molar-refractivity contribution is 0.210. The maximum absolute atomic E-state index is 9.83. The molecular weight excluding hydrogens is 336 g/mol. The van der Waals surface area contributed by atoms with Crippen LogP contribution in [0, 0.1) is 25.2 Å². The van der Waals surface area contributed by atoms with Crippen LogP contribution in [0.5, 0.6) is 11.5 Å². The first-order valence-electron chi connectivity index (χ1n) is 9.74. The molecule has 4 nitrogen and oxygen atoms in total. The van der Waals surface area contributed by atoms with Crippen molar-refractivity contribution < 1.29 is 10.2 Å². The van der Waals surface area contributed by atoms with E-state index < -0.39 is 0 Å². The summed E-state index contributed by atoms with van der Waals surface area (Å²) in [5.41, 5.74) is 5.99. The van der Waals surface area contributed by atoms with E-state index in [0.717, 1.165) is 40.1 Å². The van der Waals surface area contributed by atoms with Gasteiger partial charge >= 0.3 is 0 Å². The van der Waals surface area contributed by atoms with Crippen LogP contribution >= 0.6 is 0 Å². The van der Waals surface area contributed by atoms with Gasteiger partial charge in [0.05, 0.1) is 16.8 Å². The van der Waals surface area contributed by atoms with Gasteiger partial charge in [-0.25, -0.2) is 0 Å². The van der Waals surface area contributed by atoms with Crippen molar-refractivity contribution in [3.63, 3.8) is 0 Å². The number of aryl methyl sites for hydroxylation is 2. The van der Waals surface area contributed by atoms with Crippen LogP contribution in [0.4, 0.5) is 0 Å². The number of nitrogens with zero attached hydrogens (tertiary/aromatic N) is 2. The van der Waals surface area contributed by atoms with Crippen LogP contribution in [0.3, 0.4) is 0 Å². The fraction of sp³-hybridized carbons (Fsp3) is 0.391. The van der Waals surface area contributed by atoms with Crippen molar-refractivity contribution >= 4 is 11.4 Å². The van der Waals surface area contributed by atoms with Crippen LogP contribution in [-0.2, 0) is 0 Å². The smallest absolute Gasteiger partial charge is 0.115 e. The minimum Gasteiger partial charge on any atom is -0.508 e. The average Bonchev–Trinajstić information content (AvgIpc) is 2.93. The standard InChI is InChI=1S/C23H26N2O2/c1-4-23(16-6-5-7-16)21(19-10-8-17(26)12-14(19)2)24-25-22(23)20-11-9-18(27)13-15(20)3/h8-13,16,26-27H,4-7H2,1-3H3. The molecule has 1 saturated carbocycles. The van der Waals surface area contributed by atoms with Gasteiger partial charge in [0.15, 0.2) is 0 Å². The van der Waals surface area contributed by atoms with E-state index >= 15 is 0 Å². The third kappa shape index (κ3) is 2.66. The number of aromatic hydroxyl groups is 2. The fourth-order valence-electron chi connectivity index (χ4n) is 4.72. The minimum atomic E-state index is -0.221. The number of phenolic OH excluding ortho intramolecular Hbond substituents is 2. The quantitative estimate of drug-likeness (QED) is 0.793. The van der Waals surface area contributed by atoms with Gasteiger partial charge in [-0.2, -0.15) is 10.2 Å².